The number of anilines is 1. The second-order valence-electron chi connectivity index (χ2n) is 5.39. The van der Waals surface area contributed by atoms with Crippen LogP contribution in [-0.4, -0.2) is 4.98 Å². The van der Waals surface area contributed by atoms with Crippen LogP contribution in [0, 0.1) is 18.3 Å². The Morgan fingerprint density at radius 3 is 2.81 bits per heavy atom. The van der Waals surface area contributed by atoms with Gasteiger partial charge >= 0.3 is 0 Å². The fourth-order valence-electron chi connectivity index (χ4n) is 2.66. The topological polar surface area (TPSA) is 71.9 Å². The summed E-state index contributed by atoms with van der Waals surface area (Å²) in [6, 6.07) is 9.55. The Morgan fingerprint density at radius 1 is 1.24 bits per heavy atom. The van der Waals surface area contributed by atoms with E-state index in [-0.39, 0.29) is 0 Å². The van der Waals surface area contributed by atoms with Gasteiger partial charge in [0.2, 0.25) is 5.88 Å². The van der Waals surface area contributed by atoms with Crippen LogP contribution in [-0.2, 0) is 12.8 Å². The lowest BCUT2D eigenvalue weighted by atomic mass is 9.95. The van der Waals surface area contributed by atoms with E-state index in [9.17, 15) is 5.26 Å². The molecular formula is C17H17N3O. The van der Waals surface area contributed by atoms with Gasteiger partial charge in [-0.2, -0.15) is 5.26 Å². The van der Waals surface area contributed by atoms with Gasteiger partial charge in [0.1, 0.15) is 17.4 Å². The molecule has 21 heavy (non-hydrogen) atoms. The van der Waals surface area contributed by atoms with Gasteiger partial charge in [-0.1, -0.05) is 0 Å². The molecule has 0 fully saturated rings. The zero-order chi connectivity index (χ0) is 14.8. The van der Waals surface area contributed by atoms with E-state index in [2.05, 4.69) is 11.1 Å². The SMILES string of the molecule is Cc1cc(N)ccc1Oc1nc2c(cc1C#N)CCCC2. The third kappa shape index (κ3) is 2.68. The van der Waals surface area contributed by atoms with Gasteiger partial charge in [-0.15, -0.1) is 0 Å². The molecule has 4 nitrogen and oxygen atoms in total. The molecule has 0 spiro atoms. The summed E-state index contributed by atoms with van der Waals surface area (Å²) in [7, 11) is 0. The Kier molecular flexibility index (Phi) is 3.49. The maximum atomic E-state index is 9.32. The van der Waals surface area contributed by atoms with Crippen LogP contribution in [0.15, 0.2) is 24.3 Å². The van der Waals surface area contributed by atoms with Crippen molar-refractivity contribution in [1.82, 2.24) is 4.98 Å². The van der Waals surface area contributed by atoms with E-state index in [4.69, 9.17) is 10.5 Å². The van der Waals surface area contributed by atoms with Crippen LogP contribution in [0.25, 0.3) is 0 Å². The molecule has 0 radical (unpaired) electrons. The van der Waals surface area contributed by atoms with Crippen molar-refractivity contribution in [2.24, 2.45) is 0 Å². The van der Waals surface area contributed by atoms with Gasteiger partial charge in [-0.25, -0.2) is 4.98 Å². The molecule has 1 aromatic heterocycles. The molecule has 2 N–H and O–H groups in total. The van der Waals surface area contributed by atoms with E-state index in [1.165, 1.54) is 5.56 Å². The van der Waals surface area contributed by atoms with E-state index < -0.39 is 0 Å². The average Bonchev–Trinajstić information content (AvgIpc) is 2.49. The van der Waals surface area contributed by atoms with Crippen LogP contribution in [0.1, 0.15) is 35.2 Å². The fourth-order valence-corrected chi connectivity index (χ4v) is 2.66. The molecule has 0 aliphatic heterocycles. The minimum atomic E-state index is 0.394. The smallest absolute Gasteiger partial charge is 0.237 e. The molecule has 0 unspecified atom stereocenters. The molecule has 1 aliphatic rings. The van der Waals surface area contributed by atoms with Crippen molar-refractivity contribution in [3.8, 4) is 17.7 Å². The molecule has 1 aliphatic carbocycles. The predicted octanol–water partition coefficient (Wildman–Crippen LogP) is 3.52. The largest absolute Gasteiger partial charge is 0.437 e. The monoisotopic (exact) mass is 279 g/mol. The summed E-state index contributed by atoms with van der Waals surface area (Å²) in [6.45, 7) is 1.93. The number of rotatable bonds is 2. The molecule has 0 amide bonds. The summed E-state index contributed by atoms with van der Waals surface area (Å²) in [5.41, 5.74) is 10.1. The number of nitrogens with zero attached hydrogens (tertiary/aromatic N) is 2. The molecular weight excluding hydrogens is 262 g/mol. The highest BCUT2D eigenvalue weighted by molar-refractivity contribution is 5.50. The van der Waals surface area contributed by atoms with Gasteiger partial charge in [0.15, 0.2) is 0 Å². The first-order valence-electron chi connectivity index (χ1n) is 7.14. The molecule has 1 aromatic carbocycles. The third-order valence-electron chi connectivity index (χ3n) is 3.79. The first kappa shape index (κ1) is 13.4. The Bertz CT molecular complexity index is 732. The van der Waals surface area contributed by atoms with E-state index in [0.717, 1.165) is 36.9 Å². The highest BCUT2D eigenvalue weighted by atomic mass is 16.5. The maximum absolute atomic E-state index is 9.32. The van der Waals surface area contributed by atoms with Gasteiger partial charge in [-0.3, -0.25) is 0 Å². The number of aryl methyl sites for hydroxylation is 3. The average molecular weight is 279 g/mol. The Morgan fingerprint density at radius 2 is 2.05 bits per heavy atom. The van der Waals surface area contributed by atoms with Crippen molar-refractivity contribution in [2.45, 2.75) is 32.6 Å². The molecule has 1 heterocycles. The maximum Gasteiger partial charge on any atom is 0.237 e. The number of aromatic nitrogens is 1. The number of fused-ring (bicyclic) bond motifs is 1. The van der Waals surface area contributed by atoms with Crippen LogP contribution in [0.4, 0.5) is 5.69 Å². The van der Waals surface area contributed by atoms with Gasteiger partial charge in [0.25, 0.3) is 0 Å². The normalized spacial score (nSPS) is 13.3. The molecule has 4 heteroatoms. The zero-order valence-corrected chi connectivity index (χ0v) is 12.0. The van der Waals surface area contributed by atoms with E-state index in [0.29, 0.717) is 22.9 Å². The van der Waals surface area contributed by atoms with Crippen molar-refractivity contribution in [3.05, 3.63) is 46.6 Å². The van der Waals surface area contributed by atoms with E-state index in [1.807, 2.05) is 25.1 Å². The molecule has 3 rings (SSSR count). The number of nitrogen functional groups attached to an aromatic ring is 1. The quantitative estimate of drug-likeness (QED) is 0.854. The van der Waals surface area contributed by atoms with Gasteiger partial charge in [-0.05, 0) is 68.0 Å². The van der Waals surface area contributed by atoms with E-state index in [1.54, 1.807) is 6.07 Å². The van der Waals surface area contributed by atoms with E-state index >= 15 is 0 Å². The lowest BCUT2D eigenvalue weighted by molar-refractivity contribution is 0.453. The Balaban J connectivity index is 1.99. The summed E-state index contributed by atoms with van der Waals surface area (Å²) in [4.78, 5) is 4.57. The molecule has 0 bridgehead atoms. The van der Waals surface area contributed by atoms with Gasteiger partial charge < -0.3 is 10.5 Å². The lowest BCUT2D eigenvalue weighted by Crippen LogP contribution is -2.07. The van der Waals surface area contributed by atoms with Crippen LogP contribution < -0.4 is 10.5 Å². The standard InChI is InChI=1S/C17H17N3O/c1-11-8-14(19)6-7-16(11)21-17-13(10-18)9-12-4-2-3-5-15(12)20-17/h6-9H,2-5,19H2,1H3. The number of pyridine rings is 1. The lowest BCUT2D eigenvalue weighted by Gasteiger charge is -2.17. The first-order valence-corrected chi connectivity index (χ1v) is 7.14. The van der Waals surface area contributed by atoms with Gasteiger partial charge in [0.05, 0.1) is 0 Å². The second kappa shape index (κ2) is 5.45. The highest BCUT2D eigenvalue weighted by Crippen LogP contribution is 2.30. The molecule has 106 valence electrons. The van der Waals surface area contributed by atoms with Gasteiger partial charge in [0, 0.05) is 11.4 Å². The Hall–Kier alpha value is -2.54. The summed E-state index contributed by atoms with van der Waals surface area (Å²) in [5, 5.41) is 9.32. The van der Waals surface area contributed by atoms with Crippen molar-refractivity contribution in [3.63, 3.8) is 0 Å². The number of ether oxygens (including phenoxy) is 1. The first-order chi connectivity index (χ1) is 10.2. The minimum Gasteiger partial charge on any atom is -0.437 e. The number of hydrogen-bond donors (Lipinski definition) is 1. The third-order valence-corrected chi connectivity index (χ3v) is 3.79. The number of nitriles is 1. The number of benzene rings is 1. The highest BCUT2D eigenvalue weighted by Gasteiger charge is 2.17. The molecule has 0 saturated carbocycles. The summed E-state index contributed by atoms with van der Waals surface area (Å²) in [5.74, 6) is 1.08. The van der Waals surface area contributed by atoms with Crippen LogP contribution in [0.3, 0.4) is 0 Å². The van der Waals surface area contributed by atoms with Crippen molar-refractivity contribution >= 4 is 5.69 Å². The molecule has 0 atom stereocenters. The Labute approximate surface area is 124 Å². The van der Waals surface area contributed by atoms with Crippen LogP contribution in [0.5, 0.6) is 11.6 Å². The van der Waals surface area contributed by atoms with Crippen molar-refractivity contribution < 1.29 is 4.74 Å². The second-order valence-corrected chi connectivity index (χ2v) is 5.39. The summed E-state index contributed by atoms with van der Waals surface area (Å²) >= 11 is 0. The minimum absolute atomic E-state index is 0.394. The zero-order valence-electron chi connectivity index (χ0n) is 12.0. The fraction of sp³-hybridized carbons (Fsp3) is 0.294. The predicted molar refractivity (Wildman–Crippen MR) is 81.3 cm³/mol. The molecule has 0 saturated heterocycles. The van der Waals surface area contributed by atoms with Crippen molar-refractivity contribution in [1.29, 1.82) is 5.26 Å². The summed E-state index contributed by atoms with van der Waals surface area (Å²) in [6.07, 6.45) is 4.26. The number of nitrogens with two attached hydrogens (primary N) is 1. The van der Waals surface area contributed by atoms with Crippen LogP contribution in [0.2, 0.25) is 0 Å². The summed E-state index contributed by atoms with van der Waals surface area (Å²) < 4.78 is 5.86. The van der Waals surface area contributed by atoms with Crippen molar-refractivity contribution in [2.75, 3.05) is 5.73 Å². The number of hydrogen-bond acceptors (Lipinski definition) is 4. The van der Waals surface area contributed by atoms with Crippen LogP contribution >= 0.6 is 0 Å². The molecule has 2 aromatic rings.